The number of esters is 1. The van der Waals surface area contributed by atoms with Gasteiger partial charge in [-0.05, 0) is 29.8 Å². The molecule has 124 valence electrons. The minimum Gasteiger partial charge on any atom is -0.460 e. The number of carbonyl (C=O) groups excluding carboxylic acids is 2. The summed E-state index contributed by atoms with van der Waals surface area (Å²) >= 11 is 0. The van der Waals surface area contributed by atoms with Crippen molar-refractivity contribution in [3.63, 3.8) is 0 Å². The van der Waals surface area contributed by atoms with Crippen LogP contribution in [-0.2, 0) is 16.0 Å². The van der Waals surface area contributed by atoms with Crippen LogP contribution >= 0.6 is 0 Å². The van der Waals surface area contributed by atoms with Crippen LogP contribution in [0.4, 0.5) is 4.39 Å². The Balaban J connectivity index is 2.12. The summed E-state index contributed by atoms with van der Waals surface area (Å²) in [6, 6.07) is 13.5. The van der Waals surface area contributed by atoms with Crippen LogP contribution < -0.4 is 5.32 Å². The Hall–Kier alpha value is -2.95. The highest BCUT2D eigenvalue weighted by Gasteiger charge is 2.23. The van der Waals surface area contributed by atoms with Crippen LogP contribution in [0.3, 0.4) is 0 Å². The van der Waals surface area contributed by atoms with E-state index in [1.165, 1.54) is 30.3 Å². The predicted octanol–water partition coefficient (Wildman–Crippen LogP) is 2.90. The highest BCUT2D eigenvalue weighted by atomic mass is 19.1. The first kappa shape index (κ1) is 17.4. The number of halogens is 1. The minimum atomic E-state index is -0.843. The van der Waals surface area contributed by atoms with Gasteiger partial charge in [0.2, 0.25) is 0 Å². The zero-order chi connectivity index (χ0) is 17.4. The van der Waals surface area contributed by atoms with Gasteiger partial charge in [-0.3, -0.25) is 4.79 Å². The lowest BCUT2D eigenvalue weighted by Crippen LogP contribution is -2.43. The molecule has 0 aliphatic carbocycles. The molecule has 0 aliphatic rings. The van der Waals surface area contributed by atoms with Gasteiger partial charge in [-0.25, -0.2) is 9.18 Å². The molecular weight excluding hydrogens is 309 g/mol. The van der Waals surface area contributed by atoms with Gasteiger partial charge in [0.25, 0.3) is 5.91 Å². The van der Waals surface area contributed by atoms with Crippen LogP contribution in [0.5, 0.6) is 0 Å². The average Bonchev–Trinajstić information content (AvgIpc) is 2.60. The van der Waals surface area contributed by atoms with Crippen molar-refractivity contribution in [2.45, 2.75) is 12.5 Å². The Kier molecular flexibility index (Phi) is 6.25. The van der Waals surface area contributed by atoms with Gasteiger partial charge in [0.05, 0.1) is 0 Å². The maximum atomic E-state index is 13.0. The van der Waals surface area contributed by atoms with Crippen molar-refractivity contribution < 1.29 is 18.7 Å². The lowest BCUT2D eigenvalue weighted by atomic mass is 10.1. The summed E-state index contributed by atoms with van der Waals surface area (Å²) in [7, 11) is 0. The quantitative estimate of drug-likeness (QED) is 0.628. The fourth-order valence-electron chi connectivity index (χ4n) is 2.13. The van der Waals surface area contributed by atoms with Gasteiger partial charge in [-0.1, -0.05) is 43.0 Å². The molecule has 0 spiro atoms. The molecule has 0 saturated carbocycles. The number of rotatable bonds is 7. The van der Waals surface area contributed by atoms with Gasteiger partial charge >= 0.3 is 5.97 Å². The summed E-state index contributed by atoms with van der Waals surface area (Å²) in [5, 5.41) is 2.64. The van der Waals surface area contributed by atoms with Crippen LogP contribution in [0.2, 0.25) is 0 Å². The van der Waals surface area contributed by atoms with E-state index in [4.69, 9.17) is 4.74 Å². The standard InChI is InChI=1S/C19H18FNO3/c1-2-12-24-19(23)17(13-14-6-4-3-5-7-14)21-18(22)15-8-10-16(20)11-9-15/h2-11,17H,1,12-13H2,(H,21,22). The Morgan fingerprint density at radius 2 is 1.79 bits per heavy atom. The summed E-state index contributed by atoms with van der Waals surface area (Å²) in [5.41, 5.74) is 1.16. The van der Waals surface area contributed by atoms with E-state index in [2.05, 4.69) is 11.9 Å². The summed E-state index contributed by atoms with van der Waals surface area (Å²) in [6.07, 6.45) is 1.75. The number of nitrogens with one attached hydrogen (secondary N) is 1. The number of carbonyl (C=O) groups is 2. The third-order valence-corrected chi connectivity index (χ3v) is 3.32. The van der Waals surface area contributed by atoms with E-state index < -0.39 is 23.7 Å². The third-order valence-electron chi connectivity index (χ3n) is 3.32. The molecule has 5 heteroatoms. The van der Waals surface area contributed by atoms with E-state index >= 15 is 0 Å². The fraction of sp³-hybridized carbons (Fsp3) is 0.158. The maximum absolute atomic E-state index is 13.0. The summed E-state index contributed by atoms with van der Waals surface area (Å²) in [4.78, 5) is 24.5. The average molecular weight is 327 g/mol. The normalized spacial score (nSPS) is 11.4. The zero-order valence-electron chi connectivity index (χ0n) is 13.1. The van der Waals surface area contributed by atoms with Gasteiger partial charge in [0, 0.05) is 12.0 Å². The fourth-order valence-corrected chi connectivity index (χ4v) is 2.13. The van der Waals surface area contributed by atoms with Crippen LogP contribution in [0.25, 0.3) is 0 Å². The summed E-state index contributed by atoms with van der Waals surface area (Å²) in [5.74, 6) is -1.45. The van der Waals surface area contributed by atoms with Crippen LogP contribution in [-0.4, -0.2) is 24.5 Å². The second-order valence-electron chi connectivity index (χ2n) is 5.14. The molecule has 1 N–H and O–H groups in total. The van der Waals surface area contributed by atoms with Crippen molar-refractivity contribution in [2.75, 3.05) is 6.61 Å². The van der Waals surface area contributed by atoms with Gasteiger partial charge in [-0.2, -0.15) is 0 Å². The van der Waals surface area contributed by atoms with Crippen molar-refractivity contribution in [3.8, 4) is 0 Å². The van der Waals surface area contributed by atoms with Crippen LogP contribution in [0.1, 0.15) is 15.9 Å². The molecule has 0 saturated heterocycles. The smallest absolute Gasteiger partial charge is 0.329 e. The molecule has 2 rings (SSSR count). The summed E-state index contributed by atoms with van der Waals surface area (Å²) in [6.45, 7) is 3.56. The van der Waals surface area contributed by atoms with E-state index in [-0.39, 0.29) is 12.2 Å². The molecule has 2 aromatic carbocycles. The SMILES string of the molecule is C=CCOC(=O)C(Cc1ccccc1)NC(=O)c1ccc(F)cc1. The monoisotopic (exact) mass is 327 g/mol. The first-order valence-electron chi connectivity index (χ1n) is 7.48. The number of hydrogen-bond acceptors (Lipinski definition) is 3. The van der Waals surface area contributed by atoms with Gasteiger partial charge in [0.15, 0.2) is 0 Å². The highest BCUT2D eigenvalue weighted by Crippen LogP contribution is 2.08. The lowest BCUT2D eigenvalue weighted by Gasteiger charge is -2.17. The van der Waals surface area contributed by atoms with Crippen molar-refractivity contribution in [2.24, 2.45) is 0 Å². The summed E-state index contributed by atoms with van der Waals surface area (Å²) < 4.78 is 18.0. The molecule has 0 heterocycles. The maximum Gasteiger partial charge on any atom is 0.329 e. The molecule has 1 unspecified atom stereocenters. The van der Waals surface area contributed by atoms with Gasteiger partial charge in [-0.15, -0.1) is 0 Å². The second-order valence-corrected chi connectivity index (χ2v) is 5.14. The van der Waals surface area contributed by atoms with E-state index in [0.29, 0.717) is 6.42 Å². The highest BCUT2D eigenvalue weighted by molar-refractivity contribution is 5.96. The topological polar surface area (TPSA) is 55.4 Å². The van der Waals surface area contributed by atoms with Crippen molar-refractivity contribution in [1.82, 2.24) is 5.32 Å². The number of hydrogen-bond donors (Lipinski definition) is 1. The molecule has 1 atom stereocenters. The van der Waals surface area contributed by atoms with Crippen LogP contribution in [0, 0.1) is 5.82 Å². The molecule has 0 fully saturated rings. The molecule has 4 nitrogen and oxygen atoms in total. The molecule has 0 bridgehead atoms. The number of benzene rings is 2. The molecule has 1 amide bonds. The molecular formula is C19H18FNO3. The first-order chi connectivity index (χ1) is 11.6. The van der Waals surface area contributed by atoms with Gasteiger partial charge < -0.3 is 10.1 Å². The Morgan fingerprint density at radius 3 is 2.42 bits per heavy atom. The molecule has 0 radical (unpaired) electrons. The lowest BCUT2D eigenvalue weighted by molar-refractivity contribution is -0.144. The molecule has 0 aromatic heterocycles. The third kappa shape index (κ3) is 5.05. The Bertz CT molecular complexity index is 698. The molecule has 2 aromatic rings. The largest absolute Gasteiger partial charge is 0.460 e. The first-order valence-corrected chi connectivity index (χ1v) is 7.48. The Labute approximate surface area is 140 Å². The van der Waals surface area contributed by atoms with E-state index in [1.807, 2.05) is 30.3 Å². The number of amides is 1. The molecule has 24 heavy (non-hydrogen) atoms. The van der Waals surface area contributed by atoms with E-state index in [0.717, 1.165) is 5.56 Å². The van der Waals surface area contributed by atoms with Gasteiger partial charge in [0.1, 0.15) is 18.5 Å². The minimum absolute atomic E-state index is 0.0660. The zero-order valence-corrected chi connectivity index (χ0v) is 13.1. The second kappa shape index (κ2) is 8.62. The predicted molar refractivity (Wildman–Crippen MR) is 89.0 cm³/mol. The Morgan fingerprint density at radius 1 is 1.12 bits per heavy atom. The van der Waals surface area contributed by atoms with Crippen LogP contribution in [0.15, 0.2) is 67.3 Å². The van der Waals surface area contributed by atoms with E-state index in [9.17, 15) is 14.0 Å². The van der Waals surface area contributed by atoms with E-state index in [1.54, 1.807) is 0 Å². The van der Waals surface area contributed by atoms with Crippen molar-refractivity contribution in [1.29, 1.82) is 0 Å². The van der Waals surface area contributed by atoms with Crippen molar-refractivity contribution >= 4 is 11.9 Å². The number of ether oxygens (including phenoxy) is 1. The molecule has 0 aliphatic heterocycles. The van der Waals surface area contributed by atoms with Crippen molar-refractivity contribution in [3.05, 3.63) is 84.2 Å².